The topological polar surface area (TPSA) is 91.0 Å². The van der Waals surface area contributed by atoms with Gasteiger partial charge in [0.1, 0.15) is 17.2 Å². The first-order valence-electron chi connectivity index (χ1n) is 10.6. The Balaban J connectivity index is 1.75. The predicted molar refractivity (Wildman–Crippen MR) is 128 cm³/mol. The number of hydrogen-bond acceptors (Lipinski definition) is 5. The number of anilines is 1. The van der Waals surface area contributed by atoms with Crippen molar-refractivity contribution in [1.29, 1.82) is 0 Å². The van der Waals surface area contributed by atoms with Crippen LogP contribution in [-0.2, 0) is 11.8 Å². The summed E-state index contributed by atoms with van der Waals surface area (Å²) in [7, 11) is 1.87. The maximum absolute atomic E-state index is 13.8. The summed E-state index contributed by atoms with van der Waals surface area (Å²) in [6, 6.07) is 16.4. The molecule has 8 nitrogen and oxygen atoms in total. The van der Waals surface area contributed by atoms with Crippen LogP contribution in [0, 0.1) is 0 Å². The number of pyridine rings is 2. The average molecular weight is 475 g/mol. The molecule has 35 heavy (non-hydrogen) atoms. The number of amides is 1. The van der Waals surface area contributed by atoms with Gasteiger partial charge in [0.05, 0.1) is 23.0 Å². The van der Waals surface area contributed by atoms with E-state index in [9.17, 15) is 18.4 Å². The number of benzene rings is 2. The summed E-state index contributed by atoms with van der Waals surface area (Å²) in [6.07, 6.45) is 1.70. The summed E-state index contributed by atoms with van der Waals surface area (Å²) < 4.78 is 32.9. The number of fused-ring (bicyclic) bond motifs is 2. The fraction of sp³-hybridized carbons (Fsp3) is 0.120. The lowest BCUT2D eigenvalue weighted by atomic mass is 10.0. The molecule has 0 radical (unpaired) electrons. The van der Waals surface area contributed by atoms with Crippen molar-refractivity contribution in [2.45, 2.75) is 13.5 Å². The molecule has 0 aliphatic carbocycles. The maximum atomic E-state index is 13.8. The molecule has 5 aromatic rings. The number of carbonyl (C=O) groups is 1. The Morgan fingerprint density at radius 3 is 2.54 bits per heavy atom. The number of nitrogens with zero attached hydrogens (tertiary/aromatic N) is 4. The van der Waals surface area contributed by atoms with E-state index < -0.39 is 6.61 Å². The molecule has 1 amide bonds. The minimum atomic E-state index is -2.96. The zero-order valence-corrected chi connectivity index (χ0v) is 18.7. The van der Waals surface area contributed by atoms with E-state index in [1.165, 1.54) is 35.8 Å². The quantitative estimate of drug-likeness (QED) is 0.404. The van der Waals surface area contributed by atoms with Crippen molar-refractivity contribution in [2.75, 3.05) is 5.32 Å². The minimum absolute atomic E-state index is 0.0363. The largest absolute Gasteiger partial charge is 0.435 e. The second-order valence-corrected chi connectivity index (χ2v) is 7.92. The van der Waals surface area contributed by atoms with Crippen molar-refractivity contribution in [1.82, 2.24) is 19.1 Å². The van der Waals surface area contributed by atoms with Crippen molar-refractivity contribution in [3.05, 3.63) is 77.3 Å². The van der Waals surface area contributed by atoms with E-state index in [0.717, 1.165) is 11.0 Å². The number of halogens is 2. The van der Waals surface area contributed by atoms with Crippen LogP contribution in [0.4, 0.5) is 14.6 Å². The first-order valence-corrected chi connectivity index (χ1v) is 10.6. The van der Waals surface area contributed by atoms with E-state index in [-0.39, 0.29) is 23.0 Å². The molecule has 0 unspecified atom stereocenters. The summed E-state index contributed by atoms with van der Waals surface area (Å²) >= 11 is 0. The highest BCUT2D eigenvalue weighted by Gasteiger charge is 2.16. The summed E-state index contributed by atoms with van der Waals surface area (Å²) in [5, 5.41) is 3.26. The molecule has 0 fully saturated rings. The molecule has 0 aliphatic rings. The van der Waals surface area contributed by atoms with Gasteiger partial charge in [-0.3, -0.25) is 14.2 Å². The Hall–Kier alpha value is -4.60. The van der Waals surface area contributed by atoms with Crippen LogP contribution in [0.5, 0.6) is 5.75 Å². The molecular formula is C25H19F2N5O3. The second kappa shape index (κ2) is 8.64. The van der Waals surface area contributed by atoms with Gasteiger partial charge in [0, 0.05) is 24.9 Å². The minimum Gasteiger partial charge on any atom is -0.435 e. The number of hydrogen-bond donors (Lipinski definition) is 1. The lowest BCUT2D eigenvalue weighted by Gasteiger charge is -2.14. The van der Waals surface area contributed by atoms with Gasteiger partial charge in [-0.1, -0.05) is 6.07 Å². The lowest BCUT2D eigenvalue weighted by molar-refractivity contribution is -0.114. The normalized spacial score (nSPS) is 11.3. The van der Waals surface area contributed by atoms with E-state index in [1.54, 1.807) is 24.5 Å². The lowest BCUT2D eigenvalue weighted by Crippen LogP contribution is -2.22. The summed E-state index contributed by atoms with van der Waals surface area (Å²) in [5.41, 5.74) is 3.10. The molecule has 0 atom stereocenters. The molecule has 0 saturated carbocycles. The monoisotopic (exact) mass is 475 g/mol. The van der Waals surface area contributed by atoms with Gasteiger partial charge in [-0.15, -0.1) is 0 Å². The van der Waals surface area contributed by atoms with Gasteiger partial charge in [-0.25, -0.2) is 9.97 Å². The first-order chi connectivity index (χ1) is 16.8. The number of carbonyl (C=O) groups excluding carboxylic acids is 1. The van der Waals surface area contributed by atoms with Crippen LogP contribution >= 0.6 is 0 Å². The molecule has 3 heterocycles. The van der Waals surface area contributed by atoms with E-state index in [0.29, 0.717) is 27.8 Å². The number of alkyl halides is 2. The predicted octanol–water partition coefficient (Wildman–Crippen LogP) is 4.50. The number of imidazole rings is 1. The number of ether oxygens (including phenoxy) is 1. The van der Waals surface area contributed by atoms with Crippen LogP contribution < -0.4 is 15.6 Å². The van der Waals surface area contributed by atoms with E-state index >= 15 is 0 Å². The molecule has 5 rings (SSSR count). The fourth-order valence-corrected chi connectivity index (χ4v) is 3.95. The highest BCUT2D eigenvalue weighted by Crippen LogP contribution is 2.27. The fourth-order valence-electron chi connectivity index (χ4n) is 3.95. The summed E-state index contributed by atoms with van der Waals surface area (Å²) in [4.78, 5) is 34.1. The maximum Gasteiger partial charge on any atom is 0.387 e. The molecule has 1 N–H and O–H groups in total. The number of rotatable bonds is 5. The third kappa shape index (κ3) is 4.21. The molecule has 2 aromatic carbocycles. The zero-order valence-electron chi connectivity index (χ0n) is 18.7. The van der Waals surface area contributed by atoms with Crippen molar-refractivity contribution >= 4 is 33.8 Å². The van der Waals surface area contributed by atoms with Gasteiger partial charge in [-0.2, -0.15) is 8.78 Å². The van der Waals surface area contributed by atoms with Gasteiger partial charge >= 0.3 is 6.61 Å². The Labute approximate surface area is 197 Å². The van der Waals surface area contributed by atoms with E-state index in [4.69, 9.17) is 0 Å². The van der Waals surface area contributed by atoms with E-state index in [1.807, 2.05) is 29.8 Å². The Kier molecular flexibility index (Phi) is 5.48. The average Bonchev–Trinajstić information content (AvgIpc) is 3.19. The van der Waals surface area contributed by atoms with Crippen LogP contribution in [0.15, 0.2) is 71.8 Å². The van der Waals surface area contributed by atoms with Gasteiger partial charge < -0.3 is 14.6 Å². The molecule has 0 aliphatic heterocycles. The molecule has 0 spiro atoms. The summed E-state index contributed by atoms with van der Waals surface area (Å²) in [5.74, 6) is -0.0639. The molecular weight excluding hydrogens is 456 g/mol. The summed E-state index contributed by atoms with van der Waals surface area (Å²) in [6.45, 7) is -1.60. The highest BCUT2D eigenvalue weighted by molar-refractivity contribution is 5.91. The van der Waals surface area contributed by atoms with Crippen molar-refractivity contribution in [3.8, 4) is 22.6 Å². The number of aromatic nitrogens is 4. The van der Waals surface area contributed by atoms with Gasteiger partial charge in [0.25, 0.3) is 5.56 Å². The smallest absolute Gasteiger partial charge is 0.387 e. The SMILES string of the molecule is CC(=O)Nc1ccc2cc(-c3ccc4ncn(C)c4c3)c(=O)n(-c3ccc(OC(F)F)cc3)c2n1. The highest BCUT2D eigenvalue weighted by atomic mass is 19.3. The standard InChI is InChI=1S/C25H19F2N5O3/c1-14(33)29-22-10-4-16-11-19(15-3-9-20-21(12-15)31(2)13-28-20)24(34)32(23(16)30-22)17-5-7-18(8-6-17)35-25(26)27/h3-13,25H,1-2H3,(H,29,30,33). The zero-order chi connectivity index (χ0) is 24.7. The molecule has 3 aromatic heterocycles. The van der Waals surface area contributed by atoms with Crippen molar-refractivity contribution in [3.63, 3.8) is 0 Å². The molecule has 0 bridgehead atoms. The van der Waals surface area contributed by atoms with Crippen molar-refractivity contribution in [2.24, 2.45) is 7.05 Å². The third-order valence-corrected chi connectivity index (χ3v) is 5.51. The van der Waals surface area contributed by atoms with Crippen LogP contribution in [0.2, 0.25) is 0 Å². The number of nitrogens with one attached hydrogen (secondary N) is 1. The van der Waals surface area contributed by atoms with Gasteiger partial charge in [-0.05, 0) is 60.2 Å². The van der Waals surface area contributed by atoms with Crippen LogP contribution in [0.3, 0.4) is 0 Å². The van der Waals surface area contributed by atoms with Crippen LogP contribution in [0.25, 0.3) is 38.9 Å². The Morgan fingerprint density at radius 1 is 1.06 bits per heavy atom. The Bertz CT molecular complexity index is 1640. The van der Waals surface area contributed by atoms with Crippen molar-refractivity contribution < 1.29 is 18.3 Å². The van der Waals surface area contributed by atoms with Crippen LogP contribution in [-0.4, -0.2) is 31.6 Å². The first kappa shape index (κ1) is 22.2. The van der Waals surface area contributed by atoms with Gasteiger partial charge in [0.2, 0.25) is 5.91 Å². The Morgan fingerprint density at radius 2 is 1.83 bits per heavy atom. The molecule has 0 saturated heterocycles. The van der Waals surface area contributed by atoms with E-state index in [2.05, 4.69) is 20.0 Å². The molecule has 176 valence electrons. The van der Waals surface area contributed by atoms with Gasteiger partial charge in [0.15, 0.2) is 0 Å². The molecule has 10 heteroatoms. The number of aryl methyl sites for hydroxylation is 1. The van der Waals surface area contributed by atoms with Crippen LogP contribution in [0.1, 0.15) is 6.92 Å². The third-order valence-electron chi connectivity index (χ3n) is 5.51. The second-order valence-electron chi connectivity index (χ2n) is 7.92.